The molecule has 0 radical (unpaired) electrons. The third-order valence-corrected chi connectivity index (χ3v) is 12.7. The highest BCUT2D eigenvalue weighted by atomic mass is 32.1. The van der Waals surface area contributed by atoms with E-state index in [0.717, 1.165) is 52.8 Å². The predicted octanol–water partition coefficient (Wildman–Crippen LogP) is 5.73. The first-order valence-electron chi connectivity index (χ1n) is 20.3. The van der Waals surface area contributed by atoms with Crippen LogP contribution in [0.1, 0.15) is 55.2 Å². The second kappa shape index (κ2) is 17.6. The van der Waals surface area contributed by atoms with Gasteiger partial charge in [-0.1, -0.05) is 67.1 Å². The van der Waals surface area contributed by atoms with Gasteiger partial charge in [0.25, 0.3) is 0 Å². The van der Waals surface area contributed by atoms with Gasteiger partial charge < -0.3 is 24.3 Å². The average molecular weight is 790 g/mol. The zero-order chi connectivity index (χ0) is 39.3. The average Bonchev–Trinajstić information content (AvgIpc) is 3.73. The molecule has 12 nitrogen and oxygen atoms in total. The molecule has 0 unspecified atom stereocenters. The predicted molar refractivity (Wildman–Crippen MR) is 219 cm³/mol. The summed E-state index contributed by atoms with van der Waals surface area (Å²) in [6, 6.07) is 22.7. The van der Waals surface area contributed by atoms with Gasteiger partial charge >= 0.3 is 6.09 Å². The van der Waals surface area contributed by atoms with Crippen molar-refractivity contribution in [2.45, 2.75) is 76.2 Å². The molecule has 13 heteroatoms. The van der Waals surface area contributed by atoms with Gasteiger partial charge in [0.2, 0.25) is 17.7 Å². The highest BCUT2D eigenvalue weighted by Gasteiger charge is 2.51. The van der Waals surface area contributed by atoms with Crippen LogP contribution in [0, 0.1) is 0 Å². The van der Waals surface area contributed by atoms with E-state index in [1.165, 1.54) is 19.3 Å². The van der Waals surface area contributed by atoms with Crippen LogP contribution in [-0.2, 0) is 33.8 Å². The number of hydrazine groups is 1. The van der Waals surface area contributed by atoms with Gasteiger partial charge in [-0.3, -0.25) is 14.4 Å². The summed E-state index contributed by atoms with van der Waals surface area (Å²) in [5.41, 5.74) is 5.40. The molecule has 0 bridgehead atoms. The fourth-order valence-corrected chi connectivity index (χ4v) is 9.70. The molecule has 4 aliphatic heterocycles. The Labute approximate surface area is 338 Å². The molecular weight excluding hydrogens is 739 g/mol. The summed E-state index contributed by atoms with van der Waals surface area (Å²) in [6.07, 6.45) is 7.37. The standard InChI is InChI=1S/C44H51N7O5S/c1-2-22-49-30-41(53)50-37(27-33-14-17-36(18-15-33)56-44(55)47-25-20-35(21-26-47)46-23-7-4-8-24-46)43(54)48(28-34-12-9-13-38-42(34)45-31-57-38)29-39(50)51(49)40(52)19-16-32-10-5-3-6-11-32/h2-3,5-6,9-15,17-18,31,35,37,39H,1,4,7-8,16,19-30H2/t37-,39-/m0/s1. The van der Waals surface area contributed by atoms with Crippen LogP contribution in [0.4, 0.5) is 4.79 Å². The molecule has 4 saturated heterocycles. The lowest BCUT2D eigenvalue weighted by atomic mass is 9.98. The Morgan fingerprint density at radius 1 is 0.895 bits per heavy atom. The molecular formula is C44H51N7O5S. The Bertz CT molecular complexity index is 2060. The van der Waals surface area contributed by atoms with Gasteiger partial charge in [0, 0.05) is 45.1 Å². The Morgan fingerprint density at radius 2 is 1.67 bits per heavy atom. The third-order valence-electron chi connectivity index (χ3n) is 11.9. The first kappa shape index (κ1) is 38.7. The van der Waals surface area contributed by atoms with Crippen molar-refractivity contribution >= 4 is 45.4 Å². The second-order valence-corrected chi connectivity index (χ2v) is 16.4. The first-order chi connectivity index (χ1) is 27.9. The fourth-order valence-electron chi connectivity index (χ4n) is 8.97. The summed E-state index contributed by atoms with van der Waals surface area (Å²) in [5.74, 6) is -0.107. The van der Waals surface area contributed by atoms with E-state index >= 15 is 0 Å². The molecule has 5 heterocycles. The number of hydrogen-bond donors (Lipinski definition) is 0. The van der Waals surface area contributed by atoms with Crippen LogP contribution in [0.25, 0.3) is 10.2 Å². The number of likely N-dealkylation sites (tertiary alicyclic amines) is 2. The summed E-state index contributed by atoms with van der Waals surface area (Å²) in [6.45, 7) is 8.26. The molecule has 0 spiro atoms. The quantitative estimate of drug-likeness (QED) is 0.178. The molecule has 0 saturated carbocycles. The van der Waals surface area contributed by atoms with Crippen molar-refractivity contribution in [3.05, 3.63) is 108 Å². The number of hydrogen-bond acceptors (Lipinski definition) is 9. The molecule has 1 aromatic heterocycles. The second-order valence-electron chi connectivity index (χ2n) is 15.5. The maximum Gasteiger partial charge on any atom is 0.415 e. The van der Waals surface area contributed by atoms with Crippen molar-refractivity contribution in [1.82, 2.24) is 34.6 Å². The van der Waals surface area contributed by atoms with Crippen molar-refractivity contribution in [2.75, 3.05) is 45.8 Å². The van der Waals surface area contributed by atoms with Gasteiger partial charge in [0.05, 0.1) is 28.8 Å². The molecule has 4 amide bonds. The molecule has 2 atom stereocenters. The number of aromatic nitrogens is 1. The number of benzene rings is 3. The summed E-state index contributed by atoms with van der Waals surface area (Å²) >= 11 is 1.54. The van der Waals surface area contributed by atoms with Crippen molar-refractivity contribution < 1.29 is 23.9 Å². The summed E-state index contributed by atoms with van der Waals surface area (Å²) in [7, 11) is 0. The number of amides is 4. The Balaban J connectivity index is 1.01. The van der Waals surface area contributed by atoms with Crippen molar-refractivity contribution in [2.24, 2.45) is 0 Å². The van der Waals surface area contributed by atoms with Crippen LogP contribution in [0.3, 0.4) is 0 Å². The molecule has 0 N–H and O–H groups in total. The topological polar surface area (TPSA) is 110 Å². The highest BCUT2D eigenvalue weighted by Crippen LogP contribution is 2.32. The van der Waals surface area contributed by atoms with Gasteiger partial charge in [-0.25, -0.2) is 19.8 Å². The molecule has 4 aliphatic rings. The lowest BCUT2D eigenvalue weighted by Gasteiger charge is -2.55. The van der Waals surface area contributed by atoms with Crippen LogP contribution in [0.5, 0.6) is 5.75 Å². The number of nitrogens with zero attached hydrogens (tertiary/aromatic N) is 7. The monoisotopic (exact) mass is 789 g/mol. The number of piperazine rings is 1. The smallest absolute Gasteiger partial charge is 0.410 e. The van der Waals surface area contributed by atoms with Gasteiger partial charge in [-0.05, 0) is 80.1 Å². The van der Waals surface area contributed by atoms with E-state index in [0.29, 0.717) is 37.8 Å². The maximum atomic E-state index is 14.6. The van der Waals surface area contributed by atoms with Crippen LogP contribution in [0.2, 0.25) is 0 Å². The minimum absolute atomic E-state index is 0.0499. The Kier molecular flexibility index (Phi) is 11.9. The van der Waals surface area contributed by atoms with Crippen molar-refractivity contribution in [3.8, 4) is 5.75 Å². The summed E-state index contributed by atoms with van der Waals surface area (Å²) in [4.78, 5) is 68.5. The lowest BCUT2D eigenvalue weighted by molar-refractivity contribution is -0.205. The molecule has 4 fully saturated rings. The van der Waals surface area contributed by atoms with Crippen LogP contribution in [0.15, 0.2) is 91.0 Å². The molecule has 0 aliphatic carbocycles. The third kappa shape index (κ3) is 8.61. The number of carbonyl (C=O) groups is 4. The fraction of sp³-hybridized carbons (Fsp3) is 0.432. The van der Waals surface area contributed by atoms with Gasteiger partial charge in [0.15, 0.2) is 0 Å². The van der Waals surface area contributed by atoms with Crippen molar-refractivity contribution in [1.29, 1.82) is 0 Å². The Hall–Kier alpha value is -5.11. The van der Waals surface area contributed by atoms with E-state index in [-0.39, 0.29) is 56.3 Å². The van der Waals surface area contributed by atoms with Crippen molar-refractivity contribution in [3.63, 3.8) is 0 Å². The first-order valence-corrected chi connectivity index (χ1v) is 21.2. The maximum absolute atomic E-state index is 14.6. The minimum Gasteiger partial charge on any atom is -0.410 e. The molecule has 4 aromatic rings. The number of rotatable bonds is 11. The zero-order valence-electron chi connectivity index (χ0n) is 32.4. The molecule has 3 aromatic carbocycles. The summed E-state index contributed by atoms with van der Waals surface area (Å²) in [5, 5.41) is 3.45. The van der Waals surface area contributed by atoms with E-state index in [4.69, 9.17) is 4.74 Å². The zero-order valence-corrected chi connectivity index (χ0v) is 33.2. The number of piperidine rings is 2. The van der Waals surface area contributed by atoms with E-state index < -0.39 is 12.2 Å². The van der Waals surface area contributed by atoms with E-state index in [9.17, 15) is 19.2 Å². The van der Waals surface area contributed by atoms with E-state index in [1.54, 1.807) is 59.8 Å². The number of para-hydroxylation sites is 1. The highest BCUT2D eigenvalue weighted by molar-refractivity contribution is 7.16. The van der Waals surface area contributed by atoms with Gasteiger partial charge in [0.1, 0.15) is 18.0 Å². The van der Waals surface area contributed by atoms with E-state index in [2.05, 4.69) is 16.5 Å². The van der Waals surface area contributed by atoms with E-state index in [1.807, 2.05) is 60.7 Å². The number of fused-ring (bicyclic) bond motifs is 2. The van der Waals surface area contributed by atoms with Crippen LogP contribution in [-0.4, -0.2) is 122 Å². The number of ether oxygens (including phenoxy) is 1. The number of aryl methyl sites for hydroxylation is 1. The van der Waals surface area contributed by atoms with Crippen LogP contribution < -0.4 is 4.74 Å². The number of carbonyl (C=O) groups excluding carboxylic acids is 4. The van der Waals surface area contributed by atoms with Crippen LogP contribution >= 0.6 is 11.3 Å². The normalized spacial score (nSPS) is 21.2. The number of thiazole rings is 1. The molecule has 57 heavy (non-hydrogen) atoms. The van der Waals surface area contributed by atoms with Gasteiger partial charge in [-0.2, -0.15) is 0 Å². The molecule has 8 rings (SSSR count). The lowest BCUT2D eigenvalue weighted by Crippen LogP contribution is -2.75. The van der Waals surface area contributed by atoms with Gasteiger partial charge in [-0.15, -0.1) is 17.9 Å². The molecule has 298 valence electrons. The largest absolute Gasteiger partial charge is 0.415 e. The SMILES string of the molecule is C=CCN1CC(=O)N2[C@@H](Cc3ccc(OC(=O)N4CCC(N5CCCCC5)CC4)cc3)C(=O)N(Cc3cccc4scnc34)C[C@@H]2N1C(=O)CCc1ccccc1. The Morgan fingerprint density at radius 3 is 2.42 bits per heavy atom. The summed E-state index contributed by atoms with van der Waals surface area (Å²) < 4.78 is 6.84. The minimum atomic E-state index is -0.865.